The standard InChI is InChI=1S/C13H8Br2Cl2O2S/c14-8-5-10-9(18-1-2-19-10)3-6(8)12(15)7-4-11(16)20-13(7)17/h3-5,12H,1-2H2. The third-order valence-electron chi connectivity index (χ3n) is 2.89. The lowest BCUT2D eigenvalue weighted by Gasteiger charge is -2.21. The van der Waals surface area contributed by atoms with Crippen molar-refractivity contribution >= 4 is 66.4 Å². The molecule has 0 saturated heterocycles. The second-order valence-corrected chi connectivity index (χ2v) is 8.22. The summed E-state index contributed by atoms with van der Waals surface area (Å²) in [6.07, 6.45) is 0. The number of hydrogen-bond donors (Lipinski definition) is 0. The Balaban J connectivity index is 2.03. The molecule has 0 N–H and O–H groups in total. The molecule has 2 nitrogen and oxygen atoms in total. The van der Waals surface area contributed by atoms with Gasteiger partial charge in [-0.1, -0.05) is 55.1 Å². The smallest absolute Gasteiger partial charge is 0.162 e. The average Bonchev–Trinajstić information content (AvgIpc) is 2.76. The Morgan fingerprint density at radius 1 is 1.05 bits per heavy atom. The van der Waals surface area contributed by atoms with Gasteiger partial charge in [0, 0.05) is 10.0 Å². The van der Waals surface area contributed by atoms with Gasteiger partial charge in [-0.05, 0) is 23.8 Å². The lowest BCUT2D eigenvalue weighted by molar-refractivity contribution is 0.171. The molecule has 1 aromatic carbocycles. The van der Waals surface area contributed by atoms with Gasteiger partial charge in [0.2, 0.25) is 0 Å². The van der Waals surface area contributed by atoms with Crippen molar-refractivity contribution in [2.75, 3.05) is 13.2 Å². The Bertz CT molecular complexity index is 660. The summed E-state index contributed by atoms with van der Waals surface area (Å²) in [6, 6.07) is 5.75. The SMILES string of the molecule is Clc1cc(C(Br)c2cc3c(cc2Br)OCCO3)c(Cl)s1. The third-order valence-corrected chi connectivity index (χ3v) is 6.08. The van der Waals surface area contributed by atoms with Gasteiger partial charge in [0.1, 0.15) is 13.2 Å². The van der Waals surface area contributed by atoms with Crippen LogP contribution >= 0.6 is 66.4 Å². The molecule has 7 heteroatoms. The molecule has 0 saturated carbocycles. The van der Waals surface area contributed by atoms with Gasteiger partial charge < -0.3 is 9.47 Å². The van der Waals surface area contributed by atoms with Crippen LogP contribution < -0.4 is 9.47 Å². The first-order chi connectivity index (χ1) is 9.56. The van der Waals surface area contributed by atoms with Crippen molar-refractivity contribution in [3.05, 3.63) is 42.5 Å². The molecular formula is C13H8Br2Cl2O2S. The summed E-state index contributed by atoms with van der Waals surface area (Å²) in [7, 11) is 0. The molecule has 1 aliphatic rings. The quantitative estimate of drug-likeness (QED) is 0.508. The van der Waals surface area contributed by atoms with E-state index in [4.69, 9.17) is 32.7 Å². The highest BCUT2D eigenvalue weighted by Crippen LogP contribution is 2.46. The van der Waals surface area contributed by atoms with Gasteiger partial charge >= 0.3 is 0 Å². The molecule has 0 aliphatic carbocycles. The molecule has 1 atom stereocenters. The van der Waals surface area contributed by atoms with E-state index in [1.807, 2.05) is 18.2 Å². The zero-order valence-electron chi connectivity index (χ0n) is 9.96. The molecule has 1 aliphatic heterocycles. The van der Waals surface area contributed by atoms with Gasteiger partial charge in [0.25, 0.3) is 0 Å². The minimum Gasteiger partial charge on any atom is -0.486 e. The highest BCUT2D eigenvalue weighted by molar-refractivity contribution is 9.11. The first-order valence-electron chi connectivity index (χ1n) is 5.74. The van der Waals surface area contributed by atoms with Crippen LogP contribution in [0.25, 0.3) is 0 Å². The molecule has 0 radical (unpaired) electrons. The first-order valence-corrected chi connectivity index (χ1v) is 9.02. The van der Waals surface area contributed by atoms with Gasteiger partial charge in [-0.2, -0.15) is 0 Å². The monoisotopic (exact) mass is 456 g/mol. The highest BCUT2D eigenvalue weighted by Gasteiger charge is 2.22. The summed E-state index contributed by atoms with van der Waals surface area (Å²) >= 11 is 20.8. The van der Waals surface area contributed by atoms with Crippen LogP contribution in [0.3, 0.4) is 0 Å². The van der Waals surface area contributed by atoms with Gasteiger partial charge in [-0.3, -0.25) is 0 Å². The van der Waals surface area contributed by atoms with Crippen LogP contribution in [0.2, 0.25) is 8.67 Å². The maximum absolute atomic E-state index is 6.22. The molecule has 2 aromatic rings. The van der Waals surface area contributed by atoms with Crippen molar-refractivity contribution < 1.29 is 9.47 Å². The van der Waals surface area contributed by atoms with Gasteiger partial charge in [-0.15, -0.1) is 11.3 Å². The zero-order valence-corrected chi connectivity index (χ0v) is 15.5. The number of rotatable bonds is 2. The van der Waals surface area contributed by atoms with Crippen molar-refractivity contribution in [2.45, 2.75) is 4.83 Å². The second-order valence-electron chi connectivity index (χ2n) is 4.16. The number of fused-ring (bicyclic) bond motifs is 1. The Kier molecular flexibility index (Phi) is 4.53. The van der Waals surface area contributed by atoms with Gasteiger partial charge in [-0.25, -0.2) is 0 Å². The Morgan fingerprint density at radius 3 is 2.30 bits per heavy atom. The average molecular weight is 459 g/mol. The fourth-order valence-corrected chi connectivity index (χ4v) is 5.38. The first kappa shape index (κ1) is 15.0. The molecule has 20 heavy (non-hydrogen) atoms. The van der Waals surface area contributed by atoms with Crippen LogP contribution in [0.5, 0.6) is 11.5 Å². The van der Waals surface area contributed by atoms with E-state index in [1.165, 1.54) is 11.3 Å². The highest BCUT2D eigenvalue weighted by atomic mass is 79.9. The number of alkyl halides is 1. The molecule has 3 rings (SSSR count). The van der Waals surface area contributed by atoms with Gasteiger partial charge in [0.15, 0.2) is 11.5 Å². The lowest BCUT2D eigenvalue weighted by atomic mass is 10.1. The van der Waals surface area contributed by atoms with E-state index in [0.717, 1.165) is 27.1 Å². The molecular weight excluding hydrogens is 451 g/mol. The van der Waals surface area contributed by atoms with Crippen molar-refractivity contribution in [3.63, 3.8) is 0 Å². The predicted molar refractivity (Wildman–Crippen MR) is 90.2 cm³/mol. The second kappa shape index (κ2) is 6.05. The number of hydrogen-bond acceptors (Lipinski definition) is 3. The molecule has 0 amide bonds. The normalized spacial score (nSPS) is 15.2. The molecule has 2 heterocycles. The lowest BCUT2D eigenvalue weighted by Crippen LogP contribution is -2.15. The van der Waals surface area contributed by atoms with Crippen molar-refractivity contribution in [1.82, 2.24) is 0 Å². The Hall–Kier alpha value is 0.0600. The molecule has 0 bridgehead atoms. The van der Waals surface area contributed by atoms with Crippen LogP contribution in [-0.2, 0) is 0 Å². The summed E-state index contributed by atoms with van der Waals surface area (Å²) in [5.41, 5.74) is 1.96. The third kappa shape index (κ3) is 2.83. The van der Waals surface area contributed by atoms with E-state index in [0.29, 0.717) is 21.9 Å². The summed E-state index contributed by atoms with van der Waals surface area (Å²) in [4.78, 5) is -0.0658. The number of halogens is 4. The van der Waals surface area contributed by atoms with E-state index in [1.54, 1.807) is 0 Å². The topological polar surface area (TPSA) is 18.5 Å². The molecule has 1 unspecified atom stereocenters. The Morgan fingerprint density at radius 2 is 1.70 bits per heavy atom. The van der Waals surface area contributed by atoms with Crippen molar-refractivity contribution in [2.24, 2.45) is 0 Å². The maximum Gasteiger partial charge on any atom is 0.162 e. The predicted octanol–water partition coefficient (Wildman–Crippen LogP) is 6.07. The van der Waals surface area contributed by atoms with E-state index in [9.17, 15) is 0 Å². The molecule has 106 valence electrons. The fraction of sp³-hybridized carbons (Fsp3) is 0.231. The summed E-state index contributed by atoms with van der Waals surface area (Å²) in [5.74, 6) is 1.50. The molecule has 0 fully saturated rings. The van der Waals surface area contributed by atoms with Crippen molar-refractivity contribution in [1.29, 1.82) is 0 Å². The summed E-state index contributed by atoms with van der Waals surface area (Å²) in [5, 5.41) is 0. The van der Waals surface area contributed by atoms with Crippen LogP contribution in [0, 0.1) is 0 Å². The minimum atomic E-state index is -0.0658. The fourth-order valence-electron chi connectivity index (χ4n) is 1.97. The molecule has 1 aromatic heterocycles. The minimum absolute atomic E-state index is 0.0658. The van der Waals surface area contributed by atoms with Crippen molar-refractivity contribution in [3.8, 4) is 11.5 Å². The summed E-state index contributed by atoms with van der Waals surface area (Å²) < 4.78 is 13.5. The largest absolute Gasteiger partial charge is 0.486 e. The molecule has 0 spiro atoms. The zero-order chi connectivity index (χ0) is 14.3. The van der Waals surface area contributed by atoms with E-state index in [-0.39, 0.29) is 4.83 Å². The van der Waals surface area contributed by atoms with E-state index >= 15 is 0 Å². The Labute approximate surface area is 147 Å². The summed E-state index contributed by atoms with van der Waals surface area (Å²) in [6.45, 7) is 1.13. The number of ether oxygens (including phenoxy) is 2. The van der Waals surface area contributed by atoms with E-state index < -0.39 is 0 Å². The van der Waals surface area contributed by atoms with E-state index in [2.05, 4.69) is 31.9 Å². The van der Waals surface area contributed by atoms with Gasteiger partial charge in [0.05, 0.1) is 13.5 Å². The maximum atomic E-state index is 6.22. The van der Waals surface area contributed by atoms with Crippen LogP contribution in [-0.4, -0.2) is 13.2 Å². The van der Waals surface area contributed by atoms with Crippen LogP contribution in [0.15, 0.2) is 22.7 Å². The van der Waals surface area contributed by atoms with Crippen LogP contribution in [0.4, 0.5) is 0 Å². The number of benzene rings is 1. The number of thiophene rings is 1. The van der Waals surface area contributed by atoms with Crippen LogP contribution in [0.1, 0.15) is 16.0 Å².